The zero-order valence-electron chi connectivity index (χ0n) is 13.5. The summed E-state index contributed by atoms with van der Waals surface area (Å²) < 4.78 is 44.5. The van der Waals surface area contributed by atoms with Gasteiger partial charge in [-0.2, -0.15) is 13.2 Å². The predicted molar refractivity (Wildman–Crippen MR) is 80.1 cm³/mol. The first kappa shape index (κ1) is 18.5. The number of ether oxygens (including phenoxy) is 1. The quantitative estimate of drug-likeness (QED) is 0.690. The zero-order chi connectivity index (χ0) is 16.9. The van der Waals surface area contributed by atoms with Crippen molar-refractivity contribution in [3.8, 4) is 5.75 Å². The van der Waals surface area contributed by atoms with E-state index in [0.29, 0.717) is 17.9 Å². The monoisotopic (exact) mass is 316 g/mol. The molecule has 0 saturated heterocycles. The summed E-state index contributed by atoms with van der Waals surface area (Å²) in [5, 5.41) is 0. The Morgan fingerprint density at radius 2 is 1.86 bits per heavy atom. The fourth-order valence-electron chi connectivity index (χ4n) is 2.44. The minimum atomic E-state index is -4.44. The zero-order valence-corrected chi connectivity index (χ0v) is 13.5. The summed E-state index contributed by atoms with van der Waals surface area (Å²) in [6.45, 7) is 7.71. The van der Waals surface area contributed by atoms with E-state index in [0.717, 1.165) is 18.6 Å². The van der Waals surface area contributed by atoms with Gasteiger partial charge >= 0.3 is 6.18 Å². The molecule has 1 atom stereocenters. The van der Waals surface area contributed by atoms with Crippen LogP contribution in [-0.4, -0.2) is 12.4 Å². The van der Waals surface area contributed by atoms with Crippen LogP contribution in [-0.2, 0) is 11.0 Å². The molecule has 2 nitrogen and oxygen atoms in total. The number of ketones is 1. The first-order valence-electron chi connectivity index (χ1n) is 7.59. The van der Waals surface area contributed by atoms with Gasteiger partial charge in [-0.05, 0) is 30.5 Å². The minimum Gasteiger partial charge on any atom is -0.493 e. The van der Waals surface area contributed by atoms with E-state index in [1.807, 2.05) is 20.8 Å². The van der Waals surface area contributed by atoms with Gasteiger partial charge in [0, 0.05) is 17.9 Å². The van der Waals surface area contributed by atoms with E-state index in [-0.39, 0.29) is 18.1 Å². The van der Waals surface area contributed by atoms with Gasteiger partial charge in [0.15, 0.2) is 0 Å². The van der Waals surface area contributed by atoms with Gasteiger partial charge in [0.05, 0.1) is 12.2 Å². The number of alkyl halides is 3. The number of rotatable bonds is 7. The van der Waals surface area contributed by atoms with Crippen LogP contribution in [0.15, 0.2) is 18.2 Å². The van der Waals surface area contributed by atoms with Crippen LogP contribution in [0.1, 0.15) is 57.6 Å². The molecule has 22 heavy (non-hydrogen) atoms. The maximum atomic E-state index is 13.0. The lowest BCUT2D eigenvalue weighted by atomic mass is 9.83. The highest BCUT2D eigenvalue weighted by atomic mass is 19.4. The highest BCUT2D eigenvalue weighted by molar-refractivity contribution is 5.86. The highest BCUT2D eigenvalue weighted by Gasteiger charge is 2.34. The van der Waals surface area contributed by atoms with Crippen molar-refractivity contribution in [1.29, 1.82) is 0 Å². The van der Waals surface area contributed by atoms with E-state index in [2.05, 4.69) is 0 Å². The molecule has 1 rings (SSSR count). The lowest BCUT2D eigenvalue weighted by Crippen LogP contribution is -2.19. The third-order valence-electron chi connectivity index (χ3n) is 3.50. The highest BCUT2D eigenvalue weighted by Crippen LogP contribution is 2.38. The Balaban J connectivity index is 3.39. The lowest BCUT2D eigenvalue weighted by Gasteiger charge is -2.23. The topological polar surface area (TPSA) is 26.3 Å². The van der Waals surface area contributed by atoms with E-state index >= 15 is 0 Å². The van der Waals surface area contributed by atoms with Crippen molar-refractivity contribution in [2.45, 2.75) is 52.6 Å². The Kier molecular flexibility index (Phi) is 6.45. The van der Waals surface area contributed by atoms with E-state index in [9.17, 15) is 18.0 Å². The van der Waals surface area contributed by atoms with Crippen molar-refractivity contribution in [2.75, 3.05) is 6.61 Å². The van der Waals surface area contributed by atoms with Crippen LogP contribution in [0.5, 0.6) is 5.75 Å². The average molecular weight is 316 g/mol. The van der Waals surface area contributed by atoms with Crippen molar-refractivity contribution >= 4 is 5.78 Å². The second-order valence-electron chi connectivity index (χ2n) is 5.64. The van der Waals surface area contributed by atoms with Gasteiger partial charge in [-0.3, -0.25) is 4.79 Å². The SMILES string of the molecule is CCCOc1ccc(C(F)(F)F)cc1C(C(=O)CC)C(C)C. The Hall–Kier alpha value is -1.52. The first-order chi connectivity index (χ1) is 10.2. The molecule has 124 valence electrons. The van der Waals surface area contributed by atoms with E-state index in [1.54, 1.807) is 6.92 Å². The molecular weight excluding hydrogens is 293 g/mol. The van der Waals surface area contributed by atoms with Crippen molar-refractivity contribution < 1.29 is 22.7 Å². The van der Waals surface area contributed by atoms with Gasteiger partial charge in [0.25, 0.3) is 0 Å². The third kappa shape index (κ3) is 4.49. The molecule has 0 heterocycles. The molecule has 0 aromatic heterocycles. The molecule has 0 fully saturated rings. The molecule has 0 aliphatic heterocycles. The molecule has 1 unspecified atom stereocenters. The largest absolute Gasteiger partial charge is 0.493 e. The number of carbonyl (C=O) groups excluding carboxylic acids is 1. The maximum Gasteiger partial charge on any atom is 0.416 e. The fraction of sp³-hybridized carbons (Fsp3) is 0.588. The molecule has 1 aromatic rings. The molecule has 0 aliphatic rings. The van der Waals surface area contributed by atoms with Gasteiger partial charge in [-0.15, -0.1) is 0 Å². The summed E-state index contributed by atoms with van der Waals surface area (Å²) >= 11 is 0. The third-order valence-corrected chi connectivity index (χ3v) is 3.50. The van der Waals surface area contributed by atoms with Crippen LogP contribution in [0, 0.1) is 5.92 Å². The molecule has 0 bridgehead atoms. The summed E-state index contributed by atoms with van der Waals surface area (Å²) in [6, 6.07) is 3.39. The normalized spacial score (nSPS) is 13.3. The summed E-state index contributed by atoms with van der Waals surface area (Å²) in [7, 11) is 0. The van der Waals surface area contributed by atoms with Crippen molar-refractivity contribution in [3.63, 3.8) is 0 Å². The van der Waals surface area contributed by atoms with Gasteiger partial charge in [-0.25, -0.2) is 0 Å². The van der Waals surface area contributed by atoms with Crippen LogP contribution < -0.4 is 4.74 Å². The first-order valence-corrected chi connectivity index (χ1v) is 7.59. The number of benzene rings is 1. The number of Topliss-reactive ketones (excluding diaryl/α,β-unsaturated/α-hetero) is 1. The van der Waals surface area contributed by atoms with Crippen molar-refractivity contribution in [2.24, 2.45) is 5.92 Å². The molecule has 0 amide bonds. The summed E-state index contributed by atoms with van der Waals surface area (Å²) in [6.07, 6.45) is -3.41. The minimum absolute atomic E-state index is 0.0735. The Morgan fingerprint density at radius 1 is 1.23 bits per heavy atom. The Labute approximate surface area is 129 Å². The second-order valence-corrected chi connectivity index (χ2v) is 5.64. The van der Waals surface area contributed by atoms with E-state index in [1.165, 1.54) is 6.07 Å². The Morgan fingerprint density at radius 3 is 2.32 bits per heavy atom. The molecule has 0 saturated carbocycles. The number of hydrogen-bond donors (Lipinski definition) is 0. The maximum absolute atomic E-state index is 13.0. The number of hydrogen-bond acceptors (Lipinski definition) is 2. The van der Waals surface area contributed by atoms with E-state index < -0.39 is 17.7 Å². The van der Waals surface area contributed by atoms with Gasteiger partial charge in [0.1, 0.15) is 11.5 Å². The lowest BCUT2D eigenvalue weighted by molar-refractivity contribution is -0.137. The second kappa shape index (κ2) is 7.65. The van der Waals surface area contributed by atoms with Gasteiger partial charge < -0.3 is 4.74 Å². The molecule has 0 radical (unpaired) electrons. The summed E-state index contributed by atoms with van der Waals surface area (Å²) in [5.41, 5.74) is -0.411. The molecule has 0 spiro atoms. The molecule has 0 N–H and O–H groups in total. The van der Waals surface area contributed by atoms with Crippen LogP contribution in [0.4, 0.5) is 13.2 Å². The summed E-state index contributed by atoms with van der Waals surface area (Å²) in [5.74, 6) is -0.384. The van der Waals surface area contributed by atoms with Crippen LogP contribution >= 0.6 is 0 Å². The molecule has 5 heteroatoms. The van der Waals surface area contributed by atoms with Gasteiger partial charge in [-0.1, -0.05) is 27.7 Å². The Bertz CT molecular complexity index is 507. The van der Waals surface area contributed by atoms with Crippen molar-refractivity contribution in [1.82, 2.24) is 0 Å². The summed E-state index contributed by atoms with van der Waals surface area (Å²) in [4.78, 5) is 12.2. The fourth-order valence-corrected chi connectivity index (χ4v) is 2.44. The molecule has 0 aliphatic carbocycles. The van der Waals surface area contributed by atoms with Crippen LogP contribution in [0.2, 0.25) is 0 Å². The predicted octanol–water partition coefficient (Wildman–Crippen LogP) is 5.21. The van der Waals surface area contributed by atoms with Crippen molar-refractivity contribution in [3.05, 3.63) is 29.3 Å². The molecular formula is C17H23F3O2. The van der Waals surface area contributed by atoms with E-state index in [4.69, 9.17) is 4.74 Å². The smallest absolute Gasteiger partial charge is 0.416 e. The number of halogens is 3. The van der Waals surface area contributed by atoms with Crippen LogP contribution in [0.25, 0.3) is 0 Å². The molecule has 1 aromatic carbocycles. The number of carbonyl (C=O) groups is 1. The van der Waals surface area contributed by atoms with Gasteiger partial charge in [0.2, 0.25) is 0 Å². The average Bonchev–Trinajstić information content (AvgIpc) is 2.44. The van der Waals surface area contributed by atoms with Crippen LogP contribution in [0.3, 0.4) is 0 Å². The standard InChI is InChI=1S/C17H23F3O2/c1-5-9-22-15-8-7-12(17(18,19)20)10-13(15)16(11(3)4)14(21)6-2/h7-8,10-11,16H,5-6,9H2,1-4H3.